The van der Waals surface area contributed by atoms with Crippen molar-refractivity contribution in [3.05, 3.63) is 125 Å². The Morgan fingerprint density at radius 2 is 1.73 bits per heavy atom. The highest BCUT2D eigenvalue weighted by molar-refractivity contribution is 7.98. The van der Waals surface area contributed by atoms with Crippen LogP contribution in [0.25, 0.3) is 33.0 Å². The fraction of sp³-hybridized carbons (Fsp3) is 0.118. The molecule has 0 aliphatic heterocycles. The third-order valence-corrected chi connectivity index (χ3v) is 8.12. The lowest BCUT2D eigenvalue weighted by atomic mass is 10.0. The number of furan rings is 1. The highest BCUT2D eigenvalue weighted by Gasteiger charge is 2.23. The fourth-order valence-electron chi connectivity index (χ4n) is 5.10. The van der Waals surface area contributed by atoms with Gasteiger partial charge in [0.2, 0.25) is 0 Å². The number of hydrogen-bond donors (Lipinski definition) is 1. The molecule has 6 rings (SSSR count). The molecule has 0 radical (unpaired) electrons. The third-order valence-electron chi connectivity index (χ3n) is 7.09. The first-order valence-electron chi connectivity index (χ1n) is 13.3. The first-order chi connectivity index (χ1) is 20.0. The van der Waals surface area contributed by atoms with Gasteiger partial charge < -0.3 is 14.6 Å². The molecule has 0 spiro atoms. The average Bonchev–Trinajstić information content (AvgIpc) is 3.34. The van der Waals surface area contributed by atoms with E-state index in [0.717, 1.165) is 54.7 Å². The lowest BCUT2D eigenvalue weighted by Gasteiger charge is -2.24. The zero-order chi connectivity index (χ0) is 28.3. The average molecular weight is 578 g/mol. The molecule has 2 amide bonds. The summed E-state index contributed by atoms with van der Waals surface area (Å²) in [6.45, 7) is 2.74. The smallest absolute Gasteiger partial charge is 0.322 e. The van der Waals surface area contributed by atoms with Gasteiger partial charge >= 0.3 is 6.03 Å². The largest absolute Gasteiger partial charge is 0.459 e. The molecule has 0 bridgehead atoms. The van der Waals surface area contributed by atoms with E-state index < -0.39 is 0 Å². The molecule has 0 saturated heterocycles. The third kappa shape index (κ3) is 5.67. The van der Waals surface area contributed by atoms with Gasteiger partial charge in [-0.1, -0.05) is 65.7 Å². The number of fused-ring (bicyclic) bond motifs is 2. The van der Waals surface area contributed by atoms with Gasteiger partial charge in [0.15, 0.2) is 0 Å². The number of amides is 2. The van der Waals surface area contributed by atoms with Crippen molar-refractivity contribution in [3.8, 4) is 11.1 Å². The molecule has 2 heterocycles. The Balaban J connectivity index is 1.43. The standard InChI is InChI=1S/C34H28ClN3O2S/c1-22-10-16-29-27(19-22)32(24-11-13-25(35)14-12-24)30(40-29)21-38(20-23-7-4-3-5-8-23)34(39)37-33-26-9-6-18-36-28(26)15-17-31(33)41-2/h3-19H,20-21H2,1-2H3,(H,37,39). The quantitative estimate of drug-likeness (QED) is 0.192. The summed E-state index contributed by atoms with van der Waals surface area (Å²) in [5.74, 6) is 0.712. The number of urea groups is 1. The van der Waals surface area contributed by atoms with Crippen molar-refractivity contribution in [2.75, 3.05) is 11.6 Å². The Kier molecular flexibility index (Phi) is 7.68. The molecule has 0 atom stereocenters. The Morgan fingerprint density at radius 3 is 2.51 bits per heavy atom. The second-order valence-corrected chi connectivity index (χ2v) is 11.2. The van der Waals surface area contributed by atoms with Crippen LogP contribution in [0.1, 0.15) is 16.9 Å². The first kappa shape index (κ1) is 26.9. The summed E-state index contributed by atoms with van der Waals surface area (Å²) in [7, 11) is 0. The van der Waals surface area contributed by atoms with E-state index in [1.807, 2.05) is 97.3 Å². The van der Waals surface area contributed by atoms with Crippen LogP contribution in [0.4, 0.5) is 10.5 Å². The van der Waals surface area contributed by atoms with E-state index in [4.69, 9.17) is 16.0 Å². The maximum Gasteiger partial charge on any atom is 0.322 e. The van der Waals surface area contributed by atoms with Crippen LogP contribution in [0.2, 0.25) is 5.02 Å². The second kappa shape index (κ2) is 11.7. The van der Waals surface area contributed by atoms with Crippen LogP contribution in [0.5, 0.6) is 0 Å². The number of rotatable bonds is 7. The van der Waals surface area contributed by atoms with E-state index in [-0.39, 0.29) is 12.6 Å². The molecule has 0 saturated carbocycles. The minimum atomic E-state index is -0.223. The predicted octanol–water partition coefficient (Wildman–Crippen LogP) is 9.57. The van der Waals surface area contributed by atoms with Crippen LogP contribution < -0.4 is 5.32 Å². The molecule has 6 aromatic rings. The van der Waals surface area contributed by atoms with Crippen LogP contribution >= 0.6 is 23.4 Å². The molecule has 1 N–H and O–H groups in total. The van der Waals surface area contributed by atoms with E-state index in [0.29, 0.717) is 17.3 Å². The molecule has 41 heavy (non-hydrogen) atoms. The van der Waals surface area contributed by atoms with Gasteiger partial charge in [0.05, 0.1) is 17.7 Å². The van der Waals surface area contributed by atoms with Crippen LogP contribution in [0.3, 0.4) is 0 Å². The molecular weight excluding hydrogens is 550 g/mol. The number of hydrogen-bond acceptors (Lipinski definition) is 4. The Hall–Kier alpha value is -4.26. The molecule has 204 valence electrons. The minimum Gasteiger partial charge on any atom is -0.459 e. The highest BCUT2D eigenvalue weighted by atomic mass is 35.5. The summed E-state index contributed by atoms with van der Waals surface area (Å²) < 4.78 is 6.45. The molecule has 0 aliphatic rings. The molecule has 0 unspecified atom stereocenters. The summed E-state index contributed by atoms with van der Waals surface area (Å²) in [5.41, 5.74) is 6.46. The minimum absolute atomic E-state index is 0.223. The number of halogens is 1. The second-order valence-electron chi connectivity index (χ2n) is 9.89. The maximum absolute atomic E-state index is 14.1. The monoisotopic (exact) mass is 577 g/mol. The van der Waals surface area contributed by atoms with Crippen molar-refractivity contribution in [1.82, 2.24) is 9.88 Å². The number of aryl methyl sites for hydroxylation is 1. The number of anilines is 1. The molecule has 5 nitrogen and oxygen atoms in total. The van der Waals surface area contributed by atoms with E-state index in [2.05, 4.69) is 23.3 Å². The topological polar surface area (TPSA) is 58.4 Å². The predicted molar refractivity (Wildman–Crippen MR) is 170 cm³/mol. The lowest BCUT2D eigenvalue weighted by molar-refractivity contribution is 0.202. The highest BCUT2D eigenvalue weighted by Crippen LogP contribution is 2.38. The van der Waals surface area contributed by atoms with Crippen LogP contribution in [-0.4, -0.2) is 22.2 Å². The van der Waals surface area contributed by atoms with Gasteiger partial charge in [-0.3, -0.25) is 4.98 Å². The molecular formula is C34H28ClN3O2S. The number of carbonyl (C=O) groups is 1. The zero-order valence-electron chi connectivity index (χ0n) is 22.7. The van der Waals surface area contributed by atoms with E-state index in [1.165, 1.54) is 0 Å². The molecule has 0 aliphatic carbocycles. The number of carbonyl (C=O) groups excluding carboxylic acids is 1. The zero-order valence-corrected chi connectivity index (χ0v) is 24.3. The van der Waals surface area contributed by atoms with Crippen molar-refractivity contribution in [3.63, 3.8) is 0 Å². The number of nitrogens with one attached hydrogen (secondary N) is 1. The van der Waals surface area contributed by atoms with Crippen molar-refractivity contribution >= 4 is 57.0 Å². The number of aromatic nitrogens is 1. The van der Waals surface area contributed by atoms with E-state index in [9.17, 15) is 4.79 Å². The van der Waals surface area contributed by atoms with Gasteiger partial charge in [-0.05, 0) is 72.8 Å². The van der Waals surface area contributed by atoms with Crippen molar-refractivity contribution in [2.45, 2.75) is 24.9 Å². The Bertz CT molecular complexity index is 1850. The SMILES string of the molecule is CSc1ccc2ncccc2c1NC(=O)N(Cc1ccccc1)Cc1oc2ccc(C)cc2c1-c1ccc(Cl)cc1. The summed E-state index contributed by atoms with van der Waals surface area (Å²) in [6, 6.07) is 31.5. The van der Waals surface area contributed by atoms with Gasteiger partial charge in [-0.25, -0.2) is 4.79 Å². The Morgan fingerprint density at radius 1 is 0.927 bits per heavy atom. The first-order valence-corrected chi connectivity index (χ1v) is 14.9. The summed E-state index contributed by atoms with van der Waals surface area (Å²) in [6.07, 6.45) is 3.76. The van der Waals surface area contributed by atoms with Crippen molar-refractivity contribution in [1.29, 1.82) is 0 Å². The van der Waals surface area contributed by atoms with E-state index in [1.54, 1.807) is 22.9 Å². The van der Waals surface area contributed by atoms with Gasteiger partial charge in [0.25, 0.3) is 0 Å². The summed E-state index contributed by atoms with van der Waals surface area (Å²) in [4.78, 5) is 21.4. The van der Waals surface area contributed by atoms with E-state index >= 15 is 0 Å². The number of benzene rings is 4. The van der Waals surface area contributed by atoms with Gasteiger partial charge in [0.1, 0.15) is 11.3 Å². The van der Waals surface area contributed by atoms with Crippen molar-refractivity contribution in [2.24, 2.45) is 0 Å². The number of thioether (sulfide) groups is 1. The summed E-state index contributed by atoms with van der Waals surface area (Å²) in [5, 5.41) is 5.79. The van der Waals surface area contributed by atoms with Gasteiger partial charge in [0, 0.05) is 39.0 Å². The molecule has 0 fully saturated rings. The number of nitrogens with zero attached hydrogens (tertiary/aromatic N) is 2. The molecule has 4 aromatic carbocycles. The van der Waals surface area contributed by atoms with Crippen LogP contribution in [0.15, 0.2) is 113 Å². The maximum atomic E-state index is 14.1. The number of pyridine rings is 1. The van der Waals surface area contributed by atoms with Gasteiger partial charge in [-0.15, -0.1) is 11.8 Å². The van der Waals surface area contributed by atoms with Crippen LogP contribution in [0, 0.1) is 6.92 Å². The van der Waals surface area contributed by atoms with Crippen molar-refractivity contribution < 1.29 is 9.21 Å². The Labute approximate surface area is 248 Å². The molecule has 7 heteroatoms. The normalized spacial score (nSPS) is 11.2. The van der Waals surface area contributed by atoms with Gasteiger partial charge in [-0.2, -0.15) is 0 Å². The molecule has 2 aromatic heterocycles. The summed E-state index contributed by atoms with van der Waals surface area (Å²) >= 11 is 7.81. The lowest BCUT2D eigenvalue weighted by Crippen LogP contribution is -2.34. The fourth-order valence-corrected chi connectivity index (χ4v) is 5.80. The van der Waals surface area contributed by atoms with Crippen LogP contribution in [-0.2, 0) is 13.1 Å².